The molecule has 1 aromatic carbocycles. The summed E-state index contributed by atoms with van der Waals surface area (Å²) in [6.07, 6.45) is 4.90. The average molecular weight is 363 g/mol. The van der Waals surface area contributed by atoms with E-state index in [1.54, 1.807) is 5.38 Å². The van der Waals surface area contributed by atoms with Gasteiger partial charge in [-0.15, -0.1) is 11.3 Å². The fourth-order valence-corrected chi connectivity index (χ4v) is 3.61. The summed E-state index contributed by atoms with van der Waals surface area (Å²) in [6.45, 7) is 1.40. The summed E-state index contributed by atoms with van der Waals surface area (Å²) in [5.74, 6) is -1.11. The number of carbonyl (C=O) groups excluding carboxylic acids is 1. The van der Waals surface area contributed by atoms with Gasteiger partial charge in [0, 0.05) is 23.5 Å². The van der Waals surface area contributed by atoms with Gasteiger partial charge in [0.15, 0.2) is 16.8 Å². The number of nitrogens with zero attached hydrogens (tertiary/aromatic N) is 2. The first kappa shape index (κ1) is 16.6. The minimum Gasteiger partial charge on any atom is -0.301 e. The number of halogens is 2. The summed E-state index contributed by atoms with van der Waals surface area (Å²) in [5.41, 5.74) is 1.01. The van der Waals surface area contributed by atoms with Crippen molar-refractivity contribution < 1.29 is 13.6 Å². The van der Waals surface area contributed by atoms with E-state index >= 15 is 0 Å². The Morgan fingerprint density at radius 1 is 1.24 bits per heavy atom. The van der Waals surface area contributed by atoms with Crippen LogP contribution in [-0.4, -0.2) is 34.9 Å². The molecule has 0 radical (unpaired) electrons. The smallest absolute Gasteiger partial charge is 0.240 e. The van der Waals surface area contributed by atoms with Crippen molar-refractivity contribution >= 4 is 22.4 Å². The Hall–Kier alpha value is -1.86. The Bertz CT molecular complexity index is 786. The first-order chi connectivity index (χ1) is 12.1. The van der Waals surface area contributed by atoms with Crippen LogP contribution < -0.4 is 5.32 Å². The molecular weight excluding hydrogens is 344 g/mol. The highest BCUT2D eigenvalue weighted by Crippen LogP contribution is 2.34. The van der Waals surface area contributed by atoms with Crippen molar-refractivity contribution in [2.45, 2.75) is 31.7 Å². The molecule has 0 atom stereocenters. The molecule has 4 nitrogen and oxygen atoms in total. The molecule has 1 amide bonds. The maximum atomic E-state index is 13.3. The van der Waals surface area contributed by atoms with Crippen LogP contribution in [0.5, 0.6) is 0 Å². The van der Waals surface area contributed by atoms with Gasteiger partial charge in [-0.3, -0.25) is 9.69 Å². The Morgan fingerprint density at radius 2 is 2.04 bits per heavy atom. The lowest BCUT2D eigenvalue weighted by atomic mass is 10.2. The lowest BCUT2D eigenvalue weighted by Crippen LogP contribution is -2.36. The van der Waals surface area contributed by atoms with Crippen molar-refractivity contribution in [1.29, 1.82) is 0 Å². The van der Waals surface area contributed by atoms with Crippen molar-refractivity contribution in [3.05, 3.63) is 35.2 Å². The summed E-state index contributed by atoms with van der Waals surface area (Å²) >= 11 is 1.28. The molecule has 1 heterocycles. The van der Waals surface area contributed by atoms with Gasteiger partial charge < -0.3 is 5.32 Å². The number of hydrogen-bond donors (Lipinski definition) is 1. The summed E-state index contributed by atoms with van der Waals surface area (Å²) < 4.78 is 26.4. The van der Waals surface area contributed by atoms with Gasteiger partial charge in [-0.05, 0) is 49.8 Å². The molecule has 0 unspecified atom stereocenters. The van der Waals surface area contributed by atoms with Crippen LogP contribution >= 0.6 is 11.3 Å². The third-order valence-electron chi connectivity index (χ3n) is 4.57. The molecule has 1 N–H and O–H groups in total. The van der Waals surface area contributed by atoms with Gasteiger partial charge in [0.2, 0.25) is 5.91 Å². The van der Waals surface area contributed by atoms with Crippen molar-refractivity contribution in [2.75, 3.05) is 18.4 Å². The minimum atomic E-state index is -0.906. The van der Waals surface area contributed by atoms with Crippen LogP contribution in [0.15, 0.2) is 23.6 Å². The van der Waals surface area contributed by atoms with Gasteiger partial charge in [0.25, 0.3) is 0 Å². The number of aromatic nitrogens is 1. The van der Waals surface area contributed by atoms with Crippen LogP contribution in [0.2, 0.25) is 0 Å². The summed E-state index contributed by atoms with van der Waals surface area (Å²) in [6, 6.07) is 4.22. The second-order valence-electron chi connectivity index (χ2n) is 6.82. The number of anilines is 1. The van der Waals surface area contributed by atoms with Crippen LogP contribution in [-0.2, 0) is 4.79 Å². The number of nitrogens with one attached hydrogen (secondary N) is 1. The van der Waals surface area contributed by atoms with Crippen LogP contribution in [0, 0.1) is 17.6 Å². The van der Waals surface area contributed by atoms with Crippen LogP contribution in [0.3, 0.4) is 0 Å². The van der Waals surface area contributed by atoms with E-state index in [0.29, 0.717) is 29.0 Å². The molecule has 0 bridgehead atoms. The van der Waals surface area contributed by atoms with E-state index in [9.17, 15) is 13.6 Å². The normalized spacial score (nSPS) is 17.1. The monoisotopic (exact) mass is 363 g/mol. The Morgan fingerprint density at radius 3 is 2.72 bits per heavy atom. The number of carbonyl (C=O) groups is 1. The van der Waals surface area contributed by atoms with Crippen LogP contribution in [0.25, 0.3) is 11.3 Å². The third kappa shape index (κ3) is 4.22. The second kappa shape index (κ2) is 6.80. The summed E-state index contributed by atoms with van der Waals surface area (Å²) in [4.78, 5) is 18.9. The Balaban J connectivity index is 1.38. The summed E-state index contributed by atoms with van der Waals surface area (Å²) in [5, 5.41) is 5.03. The molecule has 132 valence electrons. The molecule has 2 fully saturated rings. The molecule has 7 heteroatoms. The molecule has 2 saturated carbocycles. The predicted molar refractivity (Wildman–Crippen MR) is 93.4 cm³/mol. The predicted octanol–water partition coefficient (Wildman–Crippen LogP) is 3.90. The molecule has 0 saturated heterocycles. The maximum absolute atomic E-state index is 13.3. The standard InChI is InChI=1S/C18H19F2N3OS/c19-14-6-3-12(7-15(14)20)16-10-25-18(21-16)22-17(24)9-23(13-4-5-13)8-11-1-2-11/h3,6-7,10-11,13H,1-2,4-5,8-9H2,(H,21,22,24). The van der Waals surface area contributed by atoms with E-state index in [1.165, 1.54) is 43.1 Å². The van der Waals surface area contributed by atoms with E-state index < -0.39 is 11.6 Å². The average Bonchev–Trinajstić information content (AvgIpc) is 3.49. The number of rotatable bonds is 7. The van der Waals surface area contributed by atoms with Crippen LogP contribution in [0.1, 0.15) is 25.7 Å². The number of thiazole rings is 1. The van der Waals surface area contributed by atoms with Crippen LogP contribution in [0.4, 0.5) is 13.9 Å². The van der Waals surface area contributed by atoms with E-state index in [4.69, 9.17) is 0 Å². The topological polar surface area (TPSA) is 45.2 Å². The van der Waals surface area contributed by atoms with E-state index in [0.717, 1.165) is 24.6 Å². The fourth-order valence-electron chi connectivity index (χ4n) is 2.88. The Labute approximate surface area is 148 Å². The van der Waals surface area contributed by atoms with E-state index in [1.807, 2.05) is 0 Å². The zero-order chi connectivity index (χ0) is 17.4. The number of amides is 1. The highest BCUT2D eigenvalue weighted by molar-refractivity contribution is 7.14. The molecule has 0 aliphatic heterocycles. The van der Waals surface area contributed by atoms with Gasteiger partial charge in [0.1, 0.15) is 0 Å². The SMILES string of the molecule is O=C(CN(CC1CC1)C1CC1)Nc1nc(-c2ccc(F)c(F)c2)cs1. The third-order valence-corrected chi connectivity index (χ3v) is 5.32. The van der Waals surface area contributed by atoms with E-state index in [-0.39, 0.29) is 5.91 Å². The number of benzene rings is 1. The number of hydrogen-bond acceptors (Lipinski definition) is 4. The first-order valence-electron chi connectivity index (χ1n) is 8.53. The molecular formula is C18H19F2N3OS. The van der Waals surface area contributed by atoms with Gasteiger partial charge >= 0.3 is 0 Å². The van der Waals surface area contributed by atoms with Crippen molar-refractivity contribution in [1.82, 2.24) is 9.88 Å². The molecule has 4 rings (SSSR count). The van der Waals surface area contributed by atoms with Gasteiger partial charge in [0.05, 0.1) is 12.2 Å². The van der Waals surface area contributed by atoms with Gasteiger partial charge in [-0.25, -0.2) is 13.8 Å². The molecule has 25 heavy (non-hydrogen) atoms. The molecule has 2 aliphatic carbocycles. The minimum absolute atomic E-state index is 0.0706. The van der Waals surface area contributed by atoms with Gasteiger partial charge in [-0.2, -0.15) is 0 Å². The zero-order valence-electron chi connectivity index (χ0n) is 13.7. The van der Waals surface area contributed by atoms with Crippen molar-refractivity contribution in [2.24, 2.45) is 5.92 Å². The lowest BCUT2D eigenvalue weighted by molar-refractivity contribution is -0.117. The van der Waals surface area contributed by atoms with E-state index in [2.05, 4.69) is 15.2 Å². The largest absolute Gasteiger partial charge is 0.301 e. The van der Waals surface area contributed by atoms with Gasteiger partial charge in [-0.1, -0.05) is 0 Å². The highest BCUT2D eigenvalue weighted by Gasteiger charge is 2.34. The Kier molecular flexibility index (Phi) is 4.52. The molecule has 2 aliphatic rings. The quantitative estimate of drug-likeness (QED) is 0.811. The molecule has 2 aromatic rings. The lowest BCUT2D eigenvalue weighted by Gasteiger charge is -2.20. The highest BCUT2D eigenvalue weighted by atomic mass is 32.1. The first-order valence-corrected chi connectivity index (χ1v) is 9.41. The second-order valence-corrected chi connectivity index (χ2v) is 7.68. The zero-order valence-corrected chi connectivity index (χ0v) is 14.5. The fraction of sp³-hybridized carbons (Fsp3) is 0.444. The molecule has 0 spiro atoms. The van der Waals surface area contributed by atoms with Crippen molar-refractivity contribution in [3.8, 4) is 11.3 Å². The van der Waals surface area contributed by atoms with Crippen molar-refractivity contribution in [3.63, 3.8) is 0 Å². The maximum Gasteiger partial charge on any atom is 0.240 e. The molecule has 1 aromatic heterocycles. The summed E-state index contributed by atoms with van der Waals surface area (Å²) in [7, 11) is 0.